The van der Waals surface area contributed by atoms with Gasteiger partial charge in [-0.15, -0.1) is 0 Å². The van der Waals surface area contributed by atoms with Crippen LogP contribution in [-0.4, -0.2) is 12.5 Å². The highest BCUT2D eigenvalue weighted by Crippen LogP contribution is 2.30. The highest BCUT2D eigenvalue weighted by molar-refractivity contribution is 9.10. The molecule has 0 aromatic heterocycles. The number of primary amides is 1. The second-order valence-corrected chi connectivity index (χ2v) is 4.87. The molecule has 2 aromatic rings. The second kappa shape index (κ2) is 5.89. The van der Waals surface area contributed by atoms with Gasteiger partial charge in [0.1, 0.15) is 5.75 Å². The van der Waals surface area contributed by atoms with Gasteiger partial charge in [-0.1, -0.05) is 34.1 Å². The molecule has 0 unspecified atom stereocenters. The molecule has 2 N–H and O–H groups in total. The smallest absolute Gasteiger partial charge is 0.248 e. The first-order chi connectivity index (χ1) is 9.11. The van der Waals surface area contributed by atoms with E-state index in [0.717, 1.165) is 21.3 Å². The van der Waals surface area contributed by atoms with Gasteiger partial charge < -0.3 is 10.5 Å². The van der Waals surface area contributed by atoms with Crippen LogP contribution in [-0.2, 0) is 0 Å². The van der Waals surface area contributed by atoms with Crippen molar-refractivity contribution in [1.82, 2.24) is 0 Å². The Bertz CT molecular complexity index is 594. The van der Waals surface area contributed by atoms with Crippen LogP contribution in [0.15, 0.2) is 46.9 Å². The summed E-state index contributed by atoms with van der Waals surface area (Å²) in [5.74, 6) is 0.412. The predicted octanol–water partition coefficient (Wildman–Crippen LogP) is 3.61. The molecule has 1 amide bonds. The fourth-order valence-electron chi connectivity index (χ4n) is 1.80. The summed E-state index contributed by atoms with van der Waals surface area (Å²) >= 11 is 3.46. The van der Waals surface area contributed by atoms with E-state index in [1.54, 1.807) is 12.1 Å². The Hall–Kier alpha value is -1.81. The van der Waals surface area contributed by atoms with Crippen LogP contribution >= 0.6 is 15.9 Å². The summed E-state index contributed by atoms with van der Waals surface area (Å²) in [5, 5.41) is 0. The van der Waals surface area contributed by atoms with Crippen molar-refractivity contribution >= 4 is 21.8 Å². The van der Waals surface area contributed by atoms with Crippen LogP contribution in [0, 0.1) is 0 Å². The fourth-order valence-corrected chi connectivity index (χ4v) is 2.41. The van der Waals surface area contributed by atoms with Crippen molar-refractivity contribution in [3.63, 3.8) is 0 Å². The van der Waals surface area contributed by atoms with Crippen LogP contribution in [0.4, 0.5) is 0 Å². The summed E-state index contributed by atoms with van der Waals surface area (Å²) in [7, 11) is 0. The summed E-state index contributed by atoms with van der Waals surface area (Å²) < 4.78 is 6.25. The highest BCUT2D eigenvalue weighted by Gasteiger charge is 2.07. The molecule has 3 nitrogen and oxygen atoms in total. The van der Waals surface area contributed by atoms with Gasteiger partial charge in [-0.25, -0.2) is 0 Å². The minimum Gasteiger partial charge on any atom is -0.494 e. The third kappa shape index (κ3) is 3.15. The van der Waals surface area contributed by atoms with Crippen molar-refractivity contribution < 1.29 is 9.53 Å². The molecule has 19 heavy (non-hydrogen) atoms. The molecule has 0 aliphatic carbocycles. The van der Waals surface area contributed by atoms with E-state index < -0.39 is 5.91 Å². The summed E-state index contributed by atoms with van der Waals surface area (Å²) in [5.41, 5.74) is 7.79. The SMILES string of the molecule is CCOc1ccc(-c2ccc(C(N)=O)cc2Br)cc1. The number of halogens is 1. The number of rotatable bonds is 4. The van der Waals surface area contributed by atoms with Crippen molar-refractivity contribution in [3.05, 3.63) is 52.5 Å². The first-order valence-corrected chi connectivity index (χ1v) is 6.73. The van der Waals surface area contributed by atoms with Gasteiger partial charge in [0.25, 0.3) is 0 Å². The molecule has 0 spiro atoms. The van der Waals surface area contributed by atoms with Crippen molar-refractivity contribution in [1.29, 1.82) is 0 Å². The zero-order valence-electron chi connectivity index (χ0n) is 10.5. The van der Waals surface area contributed by atoms with E-state index in [-0.39, 0.29) is 0 Å². The Balaban J connectivity index is 2.33. The zero-order valence-corrected chi connectivity index (χ0v) is 12.1. The fraction of sp³-hybridized carbons (Fsp3) is 0.133. The number of carbonyl (C=O) groups excluding carboxylic acids is 1. The number of ether oxygens (including phenoxy) is 1. The normalized spacial score (nSPS) is 10.2. The lowest BCUT2D eigenvalue weighted by Gasteiger charge is -2.08. The van der Waals surface area contributed by atoms with Gasteiger partial charge in [-0.3, -0.25) is 4.79 Å². The lowest BCUT2D eigenvalue weighted by atomic mass is 10.0. The lowest BCUT2D eigenvalue weighted by molar-refractivity contribution is 0.100. The van der Waals surface area contributed by atoms with Crippen LogP contribution in [0.3, 0.4) is 0 Å². The van der Waals surface area contributed by atoms with Gasteiger partial charge in [0.2, 0.25) is 5.91 Å². The second-order valence-electron chi connectivity index (χ2n) is 4.02. The van der Waals surface area contributed by atoms with Crippen LogP contribution in [0.1, 0.15) is 17.3 Å². The van der Waals surface area contributed by atoms with E-state index in [2.05, 4.69) is 15.9 Å². The molecule has 0 fully saturated rings. The molecule has 2 aromatic carbocycles. The molecule has 0 radical (unpaired) electrons. The highest BCUT2D eigenvalue weighted by atomic mass is 79.9. The number of amides is 1. The third-order valence-electron chi connectivity index (χ3n) is 2.73. The summed E-state index contributed by atoms with van der Waals surface area (Å²) in [6, 6.07) is 13.1. The number of hydrogen-bond acceptors (Lipinski definition) is 2. The molecule has 0 aliphatic rings. The van der Waals surface area contributed by atoms with E-state index in [1.165, 1.54) is 0 Å². The standard InChI is InChI=1S/C15H14BrNO2/c1-2-19-12-6-3-10(4-7-12)13-8-5-11(15(17)18)9-14(13)16/h3-9H,2H2,1H3,(H2,17,18). The summed E-state index contributed by atoms with van der Waals surface area (Å²) in [6.45, 7) is 2.60. The van der Waals surface area contributed by atoms with Gasteiger partial charge in [-0.05, 0) is 42.3 Å². The Labute approximate surface area is 120 Å². The Morgan fingerprint density at radius 2 is 1.89 bits per heavy atom. The molecule has 0 atom stereocenters. The van der Waals surface area contributed by atoms with Crippen molar-refractivity contribution in [2.45, 2.75) is 6.92 Å². The Kier molecular flexibility index (Phi) is 4.22. The maximum Gasteiger partial charge on any atom is 0.248 e. The molecular formula is C15H14BrNO2. The largest absolute Gasteiger partial charge is 0.494 e. The number of carbonyl (C=O) groups is 1. The third-order valence-corrected chi connectivity index (χ3v) is 3.39. The number of hydrogen-bond donors (Lipinski definition) is 1. The molecule has 98 valence electrons. The zero-order chi connectivity index (χ0) is 13.8. The van der Waals surface area contributed by atoms with Gasteiger partial charge in [-0.2, -0.15) is 0 Å². The first-order valence-electron chi connectivity index (χ1n) is 5.94. The van der Waals surface area contributed by atoms with E-state index in [9.17, 15) is 4.79 Å². The number of benzene rings is 2. The van der Waals surface area contributed by atoms with Crippen LogP contribution in [0.25, 0.3) is 11.1 Å². The number of nitrogens with two attached hydrogens (primary N) is 1. The molecule has 0 saturated carbocycles. The van der Waals surface area contributed by atoms with E-state index >= 15 is 0 Å². The summed E-state index contributed by atoms with van der Waals surface area (Å²) in [4.78, 5) is 11.1. The van der Waals surface area contributed by atoms with Gasteiger partial charge in [0.05, 0.1) is 6.61 Å². The van der Waals surface area contributed by atoms with Crippen LogP contribution in [0.5, 0.6) is 5.75 Å². The van der Waals surface area contributed by atoms with Gasteiger partial charge >= 0.3 is 0 Å². The maximum absolute atomic E-state index is 11.1. The molecule has 4 heteroatoms. The lowest BCUT2D eigenvalue weighted by Crippen LogP contribution is -2.10. The molecule has 0 bridgehead atoms. The van der Waals surface area contributed by atoms with Gasteiger partial charge in [0, 0.05) is 10.0 Å². The Morgan fingerprint density at radius 3 is 2.42 bits per heavy atom. The van der Waals surface area contributed by atoms with Gasteiger partial charge in [0.15, 0.2) is 0 Å². The van der Waals surface area contributed by atoms with Crippen LogP contribution < -0.4 is 10.5 Å². The maximum atomic E-state index is 11.1. The quantitative estimate of drug-likeness (QED) is 0.935. The first kappa shape index (κ1) is 13.6. The summed E-state index contributed by atoms with van der Waals surface area (Å²) in [6.07, 6.45) is 0. The monoisotopic (exact) mass is 319 g/mol. The van der Waals surface area contributed by atoms with E-state index in [1.807, 2.05) is 37.3 Å². The molecule has 0 heterocycles. The minimum atomic E-state index is -0.432. The molecule has 0 saturated heterocycles. The van der Waals surface area contributed by atoms with Crippen LogP contribution in [0.2, 0.25) is 0 Å². The minimum absolute atomic E-state index is 0.432. The van der Waals surface area contributed by atoms with E-state index in [4.69, 9.17) is 10.5 Å². The topological polar surface area (TPSA) is 52.3 Å². The van der Waals surface area contributed by atoms with E-state index in [0.29, 0.717) is 12.2 Å². The average molecular weight is 320 g/mol. The Morgan fingerprint density at radius 1 is 1.21 bits per heavy atom. The van der Waals surface area contributed by atoms with Crippen molar-refractivity contribution in [2.24, 2.45) is 5.73 Å². The van der Waals surface area contributed by atoms with Crippen molar-refractivity contribution in [3.8, 4) is 16.9 Å². The molecule has 2 rings (SSSR count). The predicted molar refractivity (Wildman–Crippen MR) is 79.3 cm³/mol. The molecule has 0 aliphatic heterocycles. The van der Waals surface area contributed by atoms with Crippen molar-refractivity contribution in [2.75, 3.05) is 6.61 Å². The average Bonchev–Trinajstić information content (AvgIpc) is 2.40. The molecular weight excluding hydrogens is 306 g/mol.